The van der Waals surface area contributed by atoms with Gasteiger partial charge in [-0.2, -0.15) is 0 Å². The topological polar surface area (TPSA) is 59.9 Å². The Labute approximate surface area is 193 Å². The van der Waals surface area contributed by atoms with E-state index in [0.717, 1.165) is 11.1 Å². The molecule has 0 aliphatic carbocycles. The van der Waals surface area contributed by atoms with Crippen molar-refractivity contribution in [3.63, 3.8) is 0 Å². The lowest BCUT2D eigenvalue weighted by molar-refractivity contribution is -0.115. The molecule has 1 saturated heterocycles. The molecule has 4 rings (SSSR count). The lowest BCUT2D eigenvalue weighted by atomic mass is 10.2. The summed E-state index contributed by atoms with van der Waals surface area (Å²) in [6, 6.07) is 18.6. The van der Waals surface area contributed by atoms with Crippen LogP contribution in [0.15, 0.2) is 76.6 Å². The molecule has 5 nitrogen and oxygen atoms in total. The van der Waals surface area contributed by atoms with Crippen LogP contribution in [0.2, 0.25) is 5.02 Å². The maximum atomic E-state index is 13.0. The van der Waals surface area contributed by atoms with E-state index in [-0.39, 0.29) is 11.7 Å². The molecule has 1 heterocycles. The number of halogens is 2. The van der Waals surface area contributed by atoms with Crippen molar-refractivity contribution >= 4 is 46.2 Å². The first-order chi connectivity index (χ1) is 15.5. The minimum atomic E-state index is -0.278. The number of amidine groups is 1. The zero-order chi connectivity index (χ0) is 22.5. The first-order valence-electron chi connectivity index (χ1n) is 9.60. The molecule has 0 bridgehead atoms. The van der Waals surface area contributed by atoms with Gasteiger partial charge in [0.05, 0.1) is 12.0 Å². The second-order valence-corrected chi connectivity index (χ2v) is 8.25. The summed E-state index contributed by atoms with van der Waals surface area (Å²) in [5.74, 6) is 0.729. The number of nitrogens with zero attached hydrogens (tertiary/aromatic N) is 1. The van der Waals surface area contributed by atoms with E-state index in [2.05, 4.69) is 10.3 Å². The average molecular weight is 469 g/mol. The van der Waals surface area contributed by atoms with Crippen LogP contribution in [0.25, 0.3) is 6.08 Å². The van der Waals surface area contributed by atoms with Gasteiger partial charge in [-0.1, -0.05) is 35.9 Å². The predicted molar refractivity (Wildman–Crippen MR) is 126 cm³/mol. The monoisotopic (exact) mass is 468 g/mol. The maximum absolute atomic E-state index is 13.0. The van der Waals surface area contributed by atoms with Gasteiger partial charge in [0.1, 0.15) is 29.6 Å². The summed E-state index contributed by atoms with van der Waals surface area (Å²) in [6.07, 6.45) is 1.78. The van der Waals surface area contributed by atoms with Crippen molar-refractivity contribution in [3.05, 3.63) is 93.6 Å². The standard InChI is InChI=1S/C24H18ClFN2O3S/c1-30-21-11-6-17(25)13-20(21)27-24-28-23(29)22(32-24)12-15-4-9-19(10-5-15)31-14-16-2-7-18(26)8-3-16/h2-13H,14H2,1H3,(H,27,28,29)/b22-12-. The average Bonchev–Trinajstić information content (AvgIpc) is 3.13. The molecule has 162 valence electrons. The molecule has 0 aromatic heterocycles. The number of carbonyl (C=O) groups is 1. The normalized spacial score (nSPS) is 15.8. The Balaban J connectivity index is 1.43. The van der Waals surface area contributed by atoms with Crippen LogP contribution in [0.3, 0.4) is 0 Å². The fourth-order valence-corrected chi connectivity index (χ4v) is 3.90. The van der Waals surface area contributed by atoms with Crippen LogP contribution in [0.1, 0.15) is 11.1 Å². The lowest BCUT2D eigenvalue weighted by Gasteiger charge is -2.06. The van der Waals surface area contributed by atoms with Crippen LogP contribution in [0, 0.1) is 5.82 Å². The quantitative estimate of drug-likeness (QED) is 0.453. The largest absolute Gasteiger partial charge is 0.494 e. The smallest absolute Gasteiger partial charge is 0.264 e. The van der Waals surface area contributed by atoms with Crippen molar-refractivity contribution in [1.29, 1.82) is 0 Å². The number of rotatable bonds is 6. The Kier molecular flexibility index (Phi) is 6.78. The van der Waals surface area contributed by atoms with Crippen LogP contribution in [0.5, 0.6) is 11.5 Å². The fraction of sp³-hybridized carbons (Fsp3) is 0.0833. The number of carbonyl (C=O) groups excluding carboxylic acids is 1. The molecule has 32 heavy (non-hydrogen) atoms. The SMILES string of the molecule is COc1ccc(Cl)cc1N=C1NC(=O)/C(=C/c2ccc(OCc3ccc(F)cc3)cc2)S1. The summed E-state index contributed by atoms with van der Waals surface area (Å²) in [4.78, 5) is 17.3. The van der Waals surface area contributed by atoms with Gasteiger partial charge in [-0.15, -0.1) is 0 Å². The van der Waals surface area contributed by atoms with Crippen molar-refractivity contribution in [3.8, 4) is 11.5 Å². The Morgan fingerprint density at radius 2 is 1.84 bits per heavy atom. The highest BCUT2D eigenvalue weighted by Crippen LogP contribution is 2.34. The predicted octanol–water partition coefficient (Wildman–Crippen LogP) is 5.96. The van der Waals surface area contributed by atoms with Gasteiger partial charge in [-0.05, 0) is 71.4 Å². The molecule has 0 radical (unpaired) electrons. The minimum Gasteiger partial charge on any atom is -0.494 e. The summed E-state index contributed by atoms with van der Waals surface area (Å²) in [5, 5.41) is 3.72. The highest BCUT2D eigenvalue weighted by atomic mass is 35.5. The van der Waals surface area contributed by atoms with E-state index in [1.165, 1.54) is 23.9 Å². The molecular formula is C24H18ClFN2O3S. The highest BCUT2D eigenvalue weighted by Gasteiger charge is 2.24. The van der Waals surface area contributed by atoms with Gasteiger partial charge in [0.25, 0.3) is 5.91 Å². The summed E-state index contributed by atoms with van der Waals surface area (Å²) >= 11 is 7.28. The summed E-state index contributed by atoms with van der Waals surface area (Å²) in [5.41, 5.74) is 2.25. The summed E-state index contributed by atoms with van der Waals surface area (Å²) < 4.78 is 24.0. The maximum Gasteiger partial charge on any atom is 0.264 e. The van der Waals surface area contributed by atoms with E-state index in [1.807, 2.05) is 24.3 Å². The van der Waals surface area contributed by atoms with Crippen LogP contribution in [-0.4, -0.2) is 18.2 Å². The molecule has 1 aliphatic heterocycles. The number of ether oxygens (including phenoxy) is 2. The van der Waals surface area contributed by atoms with Crippen molar-refractivity contribution in [2.75, 3.05) is 7.11 Å². The van der Waals surface area contributed by atoms with Gasteiger partial charge in [-0.3, -0.25) is 4.79 Å². The van der Waals surface area contributed by atoms with E-state index in [9.17, 15) is 9.18 Å². The summed E-state index contributed by atoms with van der Waals surface area (Å²) in [7, 11) is 1.55. The van der Waals surface area contributed by atoms with E-state index >= 15 is 0 Å². The molecule has 3 aromatic rings. The Hall–Kier alpha value is -3.29. The van der Waals surface area contributed by atoms with Crippen LogP contribution < -0.4 is 14.8 Å². The first-order valence-corrected chi connectivity index (χ1v) is 10.8. The summed E-state index contributed by atoms with van der Waals surface area (Å²) in [6.45, 7) is 0.339. The van der Waals surface area contributed by atoms with Gasteiger partial charge in [0.15, 0.2) is 5.17 Å². The lowest BCUT2D eigenvalue weighted by Crippen LogP contribution is -2.19. The molecule has 0 saturated carbocycles. The highest BCUT2D eigenvalue weighted by molar-refractivity contribution is 8.18. The molecule has 1 N–H and O–H groups in total. The number of nitrogens with one attached hydrogen (secondary N) is 1. The van der Waals surface area contributed by atoms with Gasteiger partial charge in [-0.25, -0.2) is 9.38 Å². The van der Waals surface area contributed by atoms with Crippen LogP contribution in [0.4, 0.5) is 10.1 Å². The number of amides is 1. The van der Waals surface area contributed by atoms with E-state index in [4.69, 9.17) is 21.1 Å². The molecule has 0 unspecified atom stereocenters. The van der Waals surface area contributed by atoms with E-state index in [0.29, 0.717) is 38.9 Å². The molecule has 1 aliphatic rings. The number of benzene rings is 3. The molecule has 8 heteroatoms. The van der Waals surface area contributed by atoms with Gasteiger partial charge in [0.2, 0.25) is 0 Å². The zero-order valence-corrected chi connectivity index (χ0v) is 18.5. The third-order valence-corrected chi connectivity index (χ3v) is 5.66. The molecule has 1 fully saturated rings. The molecule has 0 atom stereocenters. The Morgan fingerprint density at radius 1 is 1.09 bits per heavy atom. The van der Waals surface area contributed by atoms with Gasteiger partial charge >= 0.3 is 0 Å². The minimum absolute atomic E-state index is 0.230. The second-order valence-electron chi connectivity index (χ2n) is 6.78. The number of hydrogen-bond acceptors (Lipinski definition) is 5. The second kappa shape index (κ2) is 9.89. The van der Waals surface area contributed by atoms with Crippen LogP contribution >= 0.6 is 23.4 Å². The van der Waals surface area contributed by atoms with Crippen LogP contribution in [-0.2, 0) is 11.4 Å². The van der Waals surface area contributed by atoms with Crippen molar-refractivity contribution in [2.45, 2.75) is 6.61 Å². The van der Waals surface area contributed by atoms with Crippen molar-refractivity contribution < 1.29 is 18.7 Å². The third kappa shape index (κ3) is 5.49. The number of aliphatic imine (C=N–C) groups is 1. The molecule has 3 aromatic carbocycles. The molecular weight excluding hydrogens is 451 g/mol. The van der Waals surface area contributed by atoms with Crippen molar-refractivity contribution in [2.24, 2.45) is 4.99 Å². The fourth-order valence-electron chi connectivity index (χ4n) is 2.90. The van der Waals surface area contributed by atoms with Gasteiger partial charge in [0, 0.05) is 5.02 Å². The molecule has 0 spiro atoms. The van der Waals surface area contributed by atoms with Crippen molar-refractivity contribution in [1.82, 2.24) is 5.32 Å². The number of thioether (sulfide) groups is 1. The third-order valence-electron chi connectivity index (χ3n) is 4.51. The van der Waals surface area contributed by atoms with E-state index in [1.54, 1.807) is 43.5 Å². The zero-order valence-electron chi connectivity index (χ0n) is 17.0. The Morgan fingerprint density at radius 3 is 2.56 bits per heavy atom. The number of hydrogen-bond donors (Lipinski definition) is 1. The molecule has 1 amide bonds. The first kappa shape index (κ1) is 21.9. The Bertz CT molecular complexity index is 1190. The van der Waals surface area contributed by atoms with E-state index < -0.39 is 0 Å². The van der Waals surface area contributed by atoms with Gasteiger partial charge < -0.3 is 14.8 Å². The number of methoxy groups -OCH3 is 1.